The number of benzene rings is 1. The van der Waals surface area contributed by atoms with Crippen molar-refractivity contribution >= 4 is 29.2 Å². The fourth-order valence-electron chi connectivity index (χ4n) is 8.87. The van der Waals surface area contributed by atoms with Crippen LogP contribution in [-0.4, -0.2) is 73.5 Å². The number of hydrogen-bond donors (Lipinski definition) is 2. The zero-order valence-corrected chi connectivity index (χ0v) is 27.7. The number of carboxylic acids is 1. The van der Waals surface area contributed by atoms with E-state index < -0.39 is 23.9 Å². The number of methoxy groups -OCH3 is 1. The van der Waals surface area contributed by atoms with E-state index in [2.05, 4.69) is 37.0 Å². The van der Waals surface area contributed by atoms with Crippen molar-refractivity contribution < 1.29 is 29.3 Å². The number of carbonyl (C=O) groups is 2. The normalized spacial score (nSPS) is 39.1. The molecule has 1 spiro atoms. The van der Waals surface area contributed by atoms with Crippen LogP contribution in [0.5, 0.6) is 5.75 Å². The number of carboxylic acid groups (broad SMARTS) is 1. The molecule has 8 nitrogen and oxygen atoms in total. The number of carbonyl (C=O) groups excluding carboxylic acids is 1. The molecule has 2 N–H and O–H groups in total. The van der Waals surface area contributed by atoms with Crippen LogP contribution in [0.25, 0.3) is 0 Å². The first-order valence-electron chi connectivity index (χ1n) is 16.3. The number of likely N-dealkylation sites (N-methyl/N-ethyl adjacent to an activating group) is 1. The van der Waals surface area contributed by atoms with E-state index >= 15 is 0 Å². The number of allylic oxidation sites excluding steroid dienone is 4. The maximum Gasteiger partial charge on any atom is 0.340 e. The molecule has 0 saturated heterocycles. The molecular formula is C36H47ClN2O6. The molecule has 1 aromatic carbocycles. The number of anilines is 1. The first-order chi connectivity index (χ1) is 21.3. The van der Waals surface area contributed by atoms with Gasteiger partial charge in [0.05, 0.1) is 24.8 Å². The van der Waals surface area contributed by atoms with Crippen LogP contribution in [0.15, 0.2) is 53.6 Å². The lowest BCUT2D eigenvalue weighted by Crippen LogP contribution is -2.58. The number of amides is 1. The van der Waals surface area contributed by atoms with Gasteiger partial charge in [-0.1, -0.05) is 62.2 Å². The number of halogens is 1. The van der Waals surface area contributed by atoms with Gasteiger partial charge in [-0.15, -0.1) is 0 Å². The molecule has 244 valence electrons. The van der Waals surface area contributed by atoms with Crippen LogP contribution in [0.3, 0.4) is 0 Å². The minimum absolute atomic E-state index is 0.0409. The van der Waals surface area contributed by atoms with E-state index in [4.69, 9.17) is 21.1 Å². The minimum atomic E-state index is -2.39. The number of aliphatic carboxylic acids is 1. The van der Waals surface area contributed by atoms with Gasteiger partial charge in [0.25, 0.3) is 0 Å². The molecular weight excluding hydrogens is 592 g/mol. The van der Waals surface area contributed by atoms with Gasteiger partial charge in [0.15, 0.2) is 5.60 Å². The summed E-state index contributed by atoms with van der Waals surface area (Å²) < 4.78 is 12.8. The molecule has 5 aliphatic rings. The maximum absolute atomic E-state index is 13.2. The van der Waals surface area contributed by atoms with E-state index in [1.165, 1.54) is 4.90 Å². The van der Waals surface area contributed by atoms with Crippen molar-refractivity contribution in [3.05, 3.63) is 59.2 Å². The molecule has 2 fully saturated rings. The Morgan fingerprint density at radius 2 is 1.96 bits per heavy atom. The summed E-state index contributed by atoms with van der Waals surface area (Å²) in [5.74, 6) is -0.629. The Hall–Kier alpha value is -2.81. The largest absolute Gasteiger partial charge is 0.491 e. The highest BCUT2D eigenvalue weighted by Gasteiger charge is 2.57. The third kappa shape index (κ3) is 5.40. The Kier molecular flexibility index (Phi) is 8.41. The van der Waals surface area contributed by atoms with Gasteiger partial charge in [-0.3, -0.25) is 4.79 Å². The van der Waals surface area contributed by atoms with E-state index in [9.17, 15) is 19.8 Å². The van der Waals surface area contributed by atoms with Crippen molar-refractivity contribution in [1.82, 2.24) is 4.90 Å². The fraction of sp³-hybridized carbons (Fsp3) is 0.611. The van der Waals surface area contributed by atoms with Crippen LogP contribution in [0.4, 0.5) is 5.69 Å². The third-order valence-electron chi connectivity index (χ3n) is 12.1. The molecule has 7 atom stereocenters. The van der Waals surface area contributed by atoms with E-state index in [1.54, 1.807) is 32.4 Å². The van der Waals surface area contributed by atoms with Crippen molar-refractivity contribution in [3.63, 3.8) is 0 Å². The van der Waals surface area contributed by atoms with Crippen LogP contribution >= 0.6 is 11.6 Å². The SMILES string of the molecule is CO[C@H]1C/C=C\CN(C)C(=O)C[C@@](O)(C(=O)O)c2ccc3c(c2)N(CC2(C)CC[C@@H]12)C[C@@]1(CCCC2C=C(Cl)C=CC21C)CO3. The van der Waals surface area contributed by atoms with Gasteiger partial charge in [-0.05, 0) is 73.1 Å². The fourth-order valence-corrected chi connectivity index (χ4v) is 9.08. The van der Waals surface area contributed by atoms with Gasteiger partial charge < -0.3 is 29.5 Å². The summed E-state index contributed by atoms with van der Waals surface area (Å²) in [5.41, 5.74) is -1.94. The number of fused-ring (bicyclic) bond motifs is 4. The zero-order valence-electron chi connectivity index (χ0n) is 26.9. The molecule has 45 heavy (non-hydrogen) atoms. The summed E-state index contributed by atoms with van der Waals surface area (Å²) in [6, 6.07) is 5.13. The van der Waals surface area contributed by atoms with Crippen LogP contribution in [0, 0.1) is 28.1 Å². The second kappa shape index (κ2) is 11.8. The van der Waals surface area contributed by atoms with Crippen molar-refractivity contribution in [3.8, 4) is 5.75 Å². The number of ether oxygens (including phenoxy) is 2. The van der Waals surface area contributed by atoms with Crippen LogP contribution in [0.2, 0.25) is 0 Å². The molecule has 2 bridgehead atoms. The Morgan fingerprint density at radius 1 is 1.16 bits per heavy atom. The van der Waals surface area contributed by atoms with Gasteiger partial charge in [0.2, 0.25) is 5.91 Å². The summed E-state index contributed by atoms with van der Waals surface area (Å²) >= 11 is 6.52. The maximum atomic E-state index is 13.2. The first-order valence-corrected chi connectivity index (χ1v) is 16.7. The summed E-state index contributed by atoms with van der Waals surface area (Å²) in [4.78, 5) is 29.7. The van der Waals surface area contributed by atoms with Gasteiger partial charge in [0, 0.05) is 49.7 Å². The second-order valence-corrected chi connectivity index (χ2v) is 15.1. The van der Waals surface area contributed by atoms with Gasteiger partial charge >= 0.3 is 5.97 Å². The minimum Gasteiger partial charge on any atom is -0.491 e. The highest BCUT2D eigenvalue weighted by Crippen LogP contribution is 2.60. The molecule has 3 unspecified atom stereocenters. The standard InChI is InChI=1S/C36H47ClN2O6/c1-33-15-13-27(33)29(44-4)9-5-6-17-38(3)31(40)20-36(43,32(41)42)25-10-11-30-28(19-25)39(21-33)22-35(23-45-30)14-7-8-24-18-26(37)12-16-34(24,35)2/h5-6,10-12,16,18-19,24,27,29,43H,7-9,13-15,17,20-23H2,1-4H3,(H,41,42)/b6-5-/t24?,27-,29-,33?,34?,35-,36-/m0/s1. The topological polar surface area (TPSA) is 99.5 Å². The molecule has 9 heteroatoms. The molecule has 1 aromatic rings. The van der Waals surface area contributed by atoms with Crippen molar-refractivity contribution in [1.29, 1.82) is 0 Å². The quantitative estimate of drug-likeness (QED) is 0.390. The van der Waals surface area contributed by atoms with Crippen molar-refractivity contribution in [2.24, 2.45) is 28.1 Å². The van der Waals surface area contributed by atoms with Gasteiger partial charge in [-0.25, -0.2) is 4.79 Å². The molecule has 1 amide bonds. The van der Waals surface area contributed by atoms with Crippen molar-refractivity contribution in [2.45, 2.75) is 70.5 Å². The molecule has 2 aliphatic heterocycles. The lowest BCUT2D eigenvalue weighted by molar-refractivity contribution is -0.164. The molecule has 2 heterocycles. The van der Waals surface area contributed by atoms with E-state index in [0.717, 1.165) is 55.8 Å². The average molecular weight is 639 g/mol. The summed E-state index contributed by atoms with van der Waals surface area (Å²) in [5, 5.41) is 22.8. The molecule has 0 radical (unpaired) electrons. The van der Waals surface area contributed by atoms with Crippen LogP contribution in [0.1, 0.15) is 64.4 Å². The molecule has 3 aliphatic carbocycles. The molecule has 2 saturated carbocycles. The highest BCUT2D eigenvalue weighted by molar-refractivity contribution is 6.31. The van der Waals surface area contributed by atoms with Gasteiger partial charge in [0.1, 0.15) is 5.75 Å². The van der Waals surface area contributed by atoms with Crippen LogP contribution in [-0.2, 0) is 19.9 Å². The van der Waals surface area contributed by atoms with E-state index in [1.807, 2.05) is 12.2 Å². The summed E-state index contributed by atoms with van der Waals surface area (Å²) in [6.45, 7) is 6.94. The van der Waals surface area contributed by atoms with E-state index in [-0.39, 0.29) is 33.8 Å². The van der Waals surface area contributed by atoms with E-state index in [0.29, 0.717) is 31.4 Å². The first kappa shape index (κ1) is 32.1. The monoisotopic (exact) mass is 638 g/mol. The van der Waals surface area contributed by atoms with Gasteiger partial charge in [-0.2, -0.15) is 0 Å². The van der Waals surface area contributed by atoms with Crippen molar-refractivity contribution in [2.75, 3.05) is 45.3 Å². The summed E-state index contributed by atoms with van der Waals surface area (Å²) in [7, 11) is 3.41. The predicted molar refractivity (Wildman–Crippen MR) is 174 cm³/mol. The Balaban J connectivity index is 1.48. The zero-order chi connectivity index (χ0) is 32.2. The summed E-state index contributed by atoms with van der Waals surface area (Å²) in [6.07, 6.45) is 15.9. The lowest BCUT2D eigenvalue weighted by Gasteiger charge is -2.57. The highest BCUT2D eigenvalue weighted by atomic mass is 35.5. The average Bonchev–Trinajstić information content (AvgIpc) is 3.15. The number of aliphatic hydroxyl groups is 1. The number of nitrogens with zero attached hydrogens (tertiary/aromatic N) is 2. The Bertz CT molecular complexity index is 1440. The Morgan fingerprint density at radius 3 is 2.67 bits per heavy atom. The predicted octanol–water partition coefficient (Wildman–Crippen LogP) is 5.88. The molecule has 6 rings (SSSR count). The Labute approximate surface area is 271 Å². The van der Waals surface area contributed by atoms with Crippen LogP contribution < -0.4 is 9.64 Å². The second-order valence-electron chi connectivity index (χ2n) is 14.7. The molecule has 0 aromatic heterocycles. The number of hydrogen-bond acceptors (Lipinski definition) is 6. The number of rotatable bonds is 2. The third-order valence-corrected chi connectivity index (χ3v) is 12.4. The lowest BCUT2D eigenvalue weighted by atomic mass is 9.51. The smallest absolute Gasteiger partial charge is 0.340 e.